The Balaban J connectivity index is 1.68. The average Bonchev–Trinajstić information content (AvgIpc) is 3.12. The lowest BCUT2D eigenvalue weighted by atomic mass is 10.1. The summed E-state index contributed by atoms with van der Waals surface area (Å²) in [5.41, 5.74) is 1.63. The van der Waals surface area contributed by atoms with Gasteiger partial charge in [-0.3, -0.25) is 10.1 Å². The van der Waals surface area contributed by atoms with Crippen molar-refractivity contribution in [1.29, 1.82) is 0 Å². The van der Waals surface area contributed by atoms with Crippen LogP contribution in [-0.2, 0) is 20.9 Å². The highest BCUT2D eigenvalue weighted by molar-refractivity contribution is 14.1. The molecule has 0 spiro atoms. The molecule has 0 atom stereocenters. The SMILES string of the molecule is COC(=O)/C=C1/S/C(=N\N=Cc2ccc(OC)c(COc3ccc(I)cc3)c2)NC1=O. The monoisotopic (exact) mass is 551 g/mol. The zero-order chi connectivity index (χ0) is 22.2. The molecular weight excluding hydrogens is 533 g/mol. The summed E-state index contributed by atoms with van der Waals surface area (Å²) in [5, 5.41) is 10.8. The van der Waals surface area contributed by atoms with Crippen LogP contribution in [0.4, 0.5) is 0 Å². The molecule has 1 amide bonds. The first-order chi connectivity index (χ1) is 15.0. The van der Waals surface area contributed by atoms with Gasteiger partial charge in [-0.05, 0) is 82.4 Å². The molecule has 160 valence electrons. The largest absolute Gasteiger partial charge is 0.496 e. The van der Waals surface area contributed by atoms with E-state index in [0.29, 0.717) is 12.4 Å². The van der Waals surface area contributed by atoms with Crippen molar-refractivity contribution in [2.45, 2.75) is 6.61 Å². The third-order valence-electron chi connectivity index (χ3n) is 3.97. The molecule has 1 fully saturated rings. The molecule has 2 aromatic rings. The number of amidine groups is 1. The number of amides is 1. The highest BCUT2D eigenvalue weighted by Gasteiger charge is 2.25. The van der Waals surface area contributed by atoms with Crippen LogP contribution in [0.3, 0.4) is 0 Å². The normalized spacial score (nSPS) is 16.0. The summed E-state index contributed by atoms with van der Waals surface area (Å²) in [4.78, 5) is 23.3. The number of rotatable bonds is 7. The molecular formula is C21H18IN3O5S. The fourth-order valence-corrected chi connectivity index (χ4v) is 3.57. The first-order valence-electron chi connectivity index (χ1n) is 8.93. The number of nitrogens with one attached hydrogen (secondary N) is 1. The molecule has 1 heterocycles. The highest BCUT2D eigenvalue weighted by Crippen LogP contribution is 2.24. The number of methoxy groups -OCH3 is 2. The van der Waals surface area contributed by atoms with Crippen molar-refractivity contribution < 1.29 is 23.8 Å². The second kappa shape index (κ2) is 11.0. The molecule has 0 unspecified atom stereocenters. The molecule has 3 rings (SSSR count). The topological polar surface area (TPSA) is 98.6 Å². The Bertz CT molecular complexity index is 1070. The van der Waals surface area contributed by atoms with E-state index in [4.69, 9.17) is 9.47 Å². The Kier molecular flexibility index (Phi) is 8.06. The third kappa shape index (κ3) is 6.56. The molecule has 0 radical (unpaired) electrons. The standard InChI is InChI=1S/C21H18IN3O5S/c1-28-17-8-3-13(9-14(17)12-30-16-6-4-15(22)5-7-16)11-23-25-21-24-20(27)18(31-21)10-19(26)29-2/h3-11H,12H2,1-2H3,(H,24,25,27)/b18-10+,23-11?. The number of hydrogen-bond acceptors (Lipinski definition) is 8. The maximum atomic E-state index is 11.8. The van der Waals surface area contributed by atoms with Crippen LogP contribution in [0.5, 0.6) is 11.5 Å². The van der Waals surface area contributed by atoms with E-state index in [1.165, 1.54) is 7.11 Å². The van der Waals surface area contributed by atoms with Crippen molar-refractivity contribution in [2.24, 2.45) is 10.2 Å². The Hall–Kier alpha value is -2.86. The fourth-order valence-electron chi connectivity index (χ4n) is 2.47. The van der Waals surface area contributed by atoms with Crippen molar-refractivity contribution in [1.82, 2.24) is 5.32 Å². The lowest BCUT2D eigenvalue weighted by molar-refractivity contribution is -0.135. The summed E-state index contributed by atoms with van der Waals surface area (Å²) in [7, 11) is 2.84. The zero-order valence-electron chi connectivity index (χ0n) is 16.6. The van der Waals surface area contributed by atoms with E-state index in [9.17, 15) is 9.59 Å². The Morgan fingerprint density at radius 3 is 2.68 bits per heavy atom. The molecule has 1 aliphatic heterocycles. The lowest BCUT2D eigenvalue weighted by Crippen LogP contribution is -2.19. The summed E-state index contributed by atoms with van der Waals surface area (Å²) in [6, 6.07) is 13.3. The minimum atomic E-state index is -0.611. The molecule has 0 aliphatic carbocycles. The lowest BCUT2D eigenvalue weighted by Gasteiger charge is -2.11. The van der Waals surface area contributed by atoms with Gasteiger partial charge in [-0.25, -0.2) is 4.79 Å². The van der Waals surface area contributed by atoms with E-state index in [-0.39, 0.29) is 10.1 Å². The number of benzene rings is 2. The molecule has 1 N–H and O–H groups in total. The van der Waals surface area contributed by atoms with E-state index in [1.54, 1.807) is 13.3 Å². The summed E-state index contributed by atoms with van der Waals surface area (Å²) in [6.45, 7) is 0.327. The number of nitrogens with zero attached hydrogens (tertiary/aromatic N) is 2. The quantitative estimate of drug-likeness (QED) is 0.186. The second-order valence-electron chi connectivity index (χ2n) is 6.05. The van der Waals surface area contributed by atoms with Crippen molar-refractivity contribution in [3.8, 4) is 11.5 Å². The van der Waals surface area contributed by atoms with Gasteiger partial charge in [0.15, 0.2) is 5.17 Å². The van der Waals surface area contributed by atoms with Gasteiger partial charge in [0.05, 0.1) is 25.3 Å². The molecule has 1 aliphatic rings. The van der Waals surface area contributed by atoms with Gasteiger partial charge in [0, 0.05) is 15.2 Å². The Morgan fingerprint density at radius 1 is 1.19 bits per heavy atom. The number of esters is 1. The summed E-state index contributed by atoms with van der Waals surface area (Å²) < 4.78 is 16.9. The van der Waals surface area contributed by atoms with Crippen molar-refractivity contribution in [2.75, 3.05) is 14.2 Å². The summed E-state index contributed by atoms with van der Waals surface area (Å²) in [5.74, 6) is 0.424. The van der Waals surface area contributed by atoms with E-state index in [1.807, 2.05) is 42.5 Å². The molecule has 1 saturated heterocycles. The maximum absolute atomic E-state index is 11.8. The van der Waals surface area contributed by atoms with Gasteiger partial charge in [0.25, 0.3) is 5.91 Å². The average molecular weight is 551 g/mol. The Morgan fingerprint density at radius 2 is 1.97 bits per heavy atom. The van der Waals surface area contributed by atoms with Crippen LogP contribution in [-0.4, -0.2) is 37.5 Å². The van der Waals surface area contributed by atoms with E-state index >= 15 is 0 Å². The predicted molar refractivity (Wildman–Crippen MR) is 127 cm³/mol. The smallest absolute Gasteiger partial charge is 0.331 e. The van der Waals surface area contributed by atoms with Crippen LogP contribution in [0.2, 0.25) is 0 Å². The maximum Gasteiger partial charge on any atom is 0.331 e. The van der Waals surface area contributed by atoms with Gasteiger partial charge in [0.2, 0.25) is 0 Å². The van der Waals surface area contributed by atoms with Gasteiger partial charge in [-0.15, -0.1) is 5.10 Å². The number of carbonyl (C=O) groups is 2. The first kappa shape index (κ1) is 22.8. The zero-order valence-corrected chi connectivity index (χ0v) is 19.6. The van der Waals surface area contributed by atoms with Gasteiger partial charge in [0.1, 0.15) is 18.1 Å². The summed E-state index contributed by atoms with van der Waals surface area (Å²) in [6.07, 6.45) is 2.66. The molecule has 10 heteroatoms. The third-order valence-corrected chi connectivity index (χ3v) is 5.59. The van der Waals surface area contributed by atoms with Gasteiger partial charge < -0.3 is 14.2 Å². The van der Waals surface area contributed by atoms with Crippen LogP contribution in [0.15, 0.2) is 63.6 Å². The van der Waals surface area contributed by atoms with Crippen molar-refractivity contribution >= 4 is 57.6 Å². The van der Waals surface area contributed by atoms with Gasteiger partial charge in [-0.2, -0.15) is 5.10 Å². The van der Waals surface area contributed by atoms with Crippen LogP contribution in [0.1, 0.15) is 11.1 Å². The predicted octanol–water partition coefficient (Wildman–Crippen LogP) is 3.49. The molecule has 0 aromatic heterocycles. The molecule has 0 bridgehead atoms. The fraction of sp³-hybridized carbons (Fsp3) is 0.143. The van der Waals surface area contributed by atoms with Crippen molar-refractivity contribution in [3.63, 3.8) is 0 Å². The Labute approximate surface area is 196 Å². The highest BCUT2D eigenvalue weighted by atomic mass is 127. The van der Waals surface area contributed by atoms with E-state index < -0.39 is 11.9 Å². The van der Waals surface area contributed by atoms with E-state index in [0.717, 1.165) is 38.3 Å². The molecule has 31 heavy (non-hydrogen) atoms. The van der Waals surface area contributed by atoms with Crippen LogP contribution < -0.4 is 14.8 Å². The van der Waals surface area contributed by atoms with Crippen LogP contribution in [0.25, 0.3) is 0 Å². The van der Waals surface area contributed by atoms with Gasteiger partial charge in [-0.1, -0.05) is 0 Å². The molecule has 0 saturated carbocycles. The number of halogens is 1. The van der Waals surface area contributed by atoms with E-state index in [2.05, 4.69) is 42.8 Å². The minimum Gasteiger partial charge on any atom is -0.496 e. The molecule has 8 nitrogen and oxygen atoms in total. The number of ether oxygens (including phenoxy) is 3. The van der Waals surface area contributed by atoms with Crippen LogP contribution in [0, 0.1) is 3.57 Å². The first-order valence-corrected chi connectivity index (χ1v) is 10.8. The van der Waals surface area contributed by atoms with Crippen molar-refractivity contribution in [3.05, 3.63) is 68.1 Å². The summed E-state index contributed by atoms with van der Waals surface area (Å²) >= 11 is 3.25. The van der Waals surface area contributed by atoms with Crippen LogP contribution >= 0.6 is 34.4 Å². The second-order valence-corrected chi connectivity index (χ2v) is 8.33. The minimum absolute atomic E-state index is 0.195. The molecule has 2 aromatic carbocycles. The number of hydrogen-bond donors (Lipinski definition) is 1. The van der Waals surface area contributed by atoms with Gasteiger partial charge >= 0.3 is 5.97 Å². The number of thioether (sulfide) groups is 1. The number of carbonyl (C=O) groups excluding carboxylic acids is 2.